The largest absolute Gasteiger partial charge is 0.380 e. The summed E-state index contributed by atoms with van der Waals surface area (Å²) in [6, 6.07) is 8.64. The number of hydrogen-bond acceptors (Lipinski definition) is 3. The van der Waals surface area contributed by atoms with Crippen LogP contribution in [0.1, 0.15) is 21.5 Å². The van der Waals surface area contributed by atoms with Crippen LogP contribution in [0.3, 0.4) is 0 Å². The summed E-state index contributed by atoms with van der Waals surface area (Å²) in [5, 5.41) is 3.28. The highest BCUT2D eigenvalue weighted by Gasteiger charge is 2.10. The third-order valence-corrected chi connectivity index (χ3v) is 3.07. The fourth-order valence-corrected chi connectivity index (χ4v) is 1.98. The van der Waals surface area contributed by atoms with Gasteiger partial charge in [0, 0.05) is 12.7 Å². The number of aromatic nitrogens is 1. The lowest BCUT2D eigenvalue weighted by Gasteiger charge is -2.12. The van der Waals surface area contributed by atoms with Gasteiger partial charge in [-0.2, -0.15) is 0 Å². The molecule has 2 aromatic rings. The molecule has 4 nitrogen and oxygen atoms in total. The molecule has 0 atom stereocenters. The van der Waals surface area contributed by atoms with Crippen LogP contribution in [0.25, 0.3) is 0 Å². The Morgan fingerprint density at radius 2 is 2.05 bits per heavy atom. The number of halogens is 2. The first-order chi connectivity index (χ1) is 9.61. The Kier molecular flexibility index (Phi) is 4.53. The Morgan fingerprint density at radius 1 is 1.35 bits per heavy atom. The predicted molar refractivity (Wildman–Crippen MR) is 76.3 cm³/mol. The summed E-state index contributed by atoms with van der Waals surface area (Å²) >= 11 is 5.80. The van der Waals surface area contributed by atoms with Crippen molar-refractivity contribution in [2.75, 3.05) is 5.32 Å². The molecule has 3 N–H and O–H groups in total. The van der Waals surface area contributed by atoms with E-state index in [0.29, 0.717) is 17.8 Å². The second kappa shape index (κ2) is 6.34. The molecule has 1 aromatic heterocycles. The SMILES string of the molecule is NC(=O)c1cnc(Cl)cc1NCc1ccccc1CF. The molecule has 0 bridgehead atoms. The fourth-order valence-electron chi connectivity index (χ4n) is 1.82. The number of hydrogen-bond donors (Lipinski definition) is 2. The van der Waals surface area contributed by atoms with Gasteiger partial charge in [-0.15, -0.1) is 0 Å². The van der Waals surface area contributed by atoms with Gasteiger partial charge in [-0.1, -0.05) is 35.9 Å². The Hall–Kier alpha value is -2.14. The molecule has 104 valence electrons. The molecule has 0 saturated carbocycles. The van der Waals surface area contributed by atoms with E-state index in [4.69, 9.17) is 17.3 Å². The number of carbonyl (C=O) groups excluding carboxylic acids is 1. The highest BCUT2D eigenvalue weighted by molar-refractivity contribution is 6.29. The van der Waals surface area contributed by atoms with Gasteiger partial charge in [0.25, 0.3) is 5.91 Å². The van der Waals surface area contributed by atoms with Crippen molar-refractivity contribution in [1.82, 2.24) is 4.98 Å². The van der Waals surface area contributed by atoms with Crippen molar-refractivity contribution in [1.29, 1.82) is 0 Å². The van der Waals surface area contributed by atoms with E-state index >= 15 is 0 Å². The summed E-state index contributed by atoms with van der Waals surface area (Å²) in [6.07, 6.45) is 1.31. The van der Waals surface area contributed by atoms with Crippen molar-refractivity contribution >= 4 is 23.2 Å². The van der Waals surface area contributed by atoms with Crippen LogP contribution in [-0.4, -0.2) is 10.9 Å². The zero-order chi connectivity index (χ0) is 14.5. The topological polar surface area (TPSA) is 68.0 Å². The van der Waals surface area contributed by atoms with Gasteiger partial charge >= 0.3 is 0 Å². The Labute approximate surface area is 120 Å². The first-order valence-electron chi connectivity index (χ1n) is 5.93. The van der Waals surface area contributed by atoms with Crippen LogP contribution in [0.2, 0.25) is 5.15 Å². The van der Waals surface area contributed by atoms with Gasteiger partial charge in [0.2, 0.25) is 0 Å². The van der Waals surface area contributed by atoms with Crippen molar-refractivity contribution in [3.05, 3.63) is 58.4 Å². The predicted octanol–water partition coefficient (Wildman–Crippen LogP) is 2.92. The zero-order valence-electron chi connectivity index (χ0n) is 10.6. The van der Waals surface area contributed by atoms with Gasteiger partial charge in [0.15, 0.2) is 0 Å². The molecular weight excluding hydrogens is 281 g/mol. The van der Waals surface area contributed by atoms with Crippen LogP contribution in [0.15, 0.2) is 36.5 Å². The number of amides is 1. The molecule has 0 radical (unpaired) electrons. The minimum atomic E-state index is -0.601. The van der Waals surface area contributed by atoms with Crippen LogP contribution in [0, 0.1) is 0 Å². The normalized spacial score (nSPS) is 10.3. The lowest BCUT2D eigenvalue weighted by atomic mass is 10.1. The number of pyridine rings is 1. The molecule has 0 unspecified atom stereocenters. The van der Waals surface area contributed by atoms with Crippen LogP contribution >= 0.6 is 11.6 Å². The summed E-state index contributed by atoms with van der Waals surface area (Å²) in [4.78, 5) is 15.1. The number of primary amides is 1. The second-order valence-electron chi connectivity index (χ2n) is 4.17. The van der Waals surface area contributed by atoms with Crippen LogP contribution in [-0.2, 0) is 13.2 Å². The molecule has 1 aromatic carbocycles. The average molecular weight is 294 g/mol. The smallest absolute Gasteiger partial charge is 0.252 e. The molecule has 0 spiro atoms. The number of benzene rings is 1. The monoisotopic (exact) mass is 293 g/mol. The van der Waals surface area contributed by atoms with E-state index in [9.17, 15) is 9.18 Å². The minimum absolute atomic E-state index is 0.243. The van der Waals surface area contributed by atoms with E-state index in [1.165, 1.54) is 12.3 Å². The molecule has 0 fully saturated rings. The number of nitrogens with two attached hydrogens (primary N) is 1. The van der Waals surface area contributed by atoms with Crippen LogP contribution in [0.5, 0.6) is 0 Å². The van der Waals surface area contributed by atoms with Gasteiger partial charge < -0.3 is 11.1 Å². The summed E-state index contributed by atoms with van der Waals surface area (Å²) in [6.45, 7) is -0.182. The number of carbonyl (C=O) groups is 1. The third-order valence-electron chi connectivity index (χ3n) is 2.87. The van der Waals surface area contributed by atoms with Gasteiger partial charge in [0.1, 0.15) is 11.8 Å². The van der Waals surface area contributed by atoms with E-state index in [-0.39, 0.29) is 10.7 Å². The lowest BCUT2D eigenvalue weighted by Crippen LogP contribution is -2.15. The Bertz CT molecular complexity index is 634. The number of nitrogens with one attached hydrogen (secondary N) is 1. The summed E-state index contributed by atoms with van der Waals surface area (Å²) < 4.78 is 12.9. The molecule has 2 rings (SSSR count). The Morgan fingerprint density at radius 3 is 2.70 bits per heavy atom. The minimum Gasteiger partial charge on any atom is -0.380 e. The molecule has 0 aliphatic heterocycles. The van der Waals surface area contributed by atoms with Crippen molar-refractivity contribution in [2.45, 2.75) is 13.2 Å². The molecule has 1 amide bonds. The van der Waals surface area contributed by atoms with Gasteiger partial charge in [-0.3, -0.25) is 4.79 Å². The van der Waals surface area contributed by atoms with E-state index in [1.54, 1.807) is 12.1 Å². The molecule has 1 heterocycles. The maximum absolute atomic E-state index is 12.9. The first-order valence-corrected chi connectivity index (χ1v) is 6.31. The van der Waals surface area contributed by atoms with Crippen molar-refractivity contribution in [3.8, 4) is 0 Å². The average Bonchev–Trinajstić information content (AvgIpc) is 2.45. The van der Waals surface area contributed by atoms with E-state index in [1.807, 2.05) is 12.1 Å². The quantitative estimate of drug-likeness (QED) is 0.833. The van der Waals surface area contributed by atoms with Crippen LogP contribution in [0.4, 0.5) is 10.1 Å². The summed E-state index contributed by atoms with van der Waals surface area (Å²) in [5.74, 6) is -0.601. The van der Waals surface area contributed by atoms with E-state index in [0.717, 1.165) is 5.56 Å². The van der Waals surface area contributed by atoms with E-state index < -0.39 is 12.6 Å². The molecule has 0 aliphatic carbocycles. The summed E-state index contributed by atoms with van der Waals surface area (Å²) in [5.41, 5.74) is 7.39. The number of rotatable bonds is 5. The lowest BCUT2D eigenvalue weighted by molar-refractivity contribution is 0.100. The molecule has 0 saturated heterocycles. The van der Waals surface area contributed by atoms with Crippen molar-refractivity contribution in [3.63, 3.8) is 0 Å². The van der Waals surface area contributed by atoms with Crippen LogP contribution < -0.4 is 11.1 Å². The maximum atomic E-state index is 12.9. The van der Waals surface area contributed by atoms with Gasteiger partial charge in [0.05, 0.1) is 11.3 Å². The molecule has 0 aliphatic rings. The molecule has 6 heteroatoms. The van der Waals surface area contributed by atoms with Crippen molar-refractivity contribution < 1.29 is 9.18 Å². The first kappa shape index (κ1) is 14.3. The fraction of sp³-hybridized carbons (Fsp3) is 0.143. The standard InChI is InChI=1S/C14H13ClFN3O/c15-13-5-12(11(8-19-13)14(17)20)18-7-10-4-2-1-3-9(10)6-16/h1-5,8H,6-7H2,(H2,17,20)(H,18,19). The maximum Gasteiger partial charge on any atom is 0.252 e. The summed E-state index contributed by atoms with van der Waals surface area (Å²) in [7, 11) is 0. The second-order valence-corrected chi connectivity index (χ2v) is 4.56. The van der Waals surface area contributed by atoms with Gasteiger partial charge in [-0.05, 0) is 17.2 Å². The van der Waals surface area contributed by atoms with E-state index in [2.05, 4.69) is 10.3 Å². The van der Waals surface area contributed by atoms with Crippen molar-refractivity contribution in [2.24, 2.45) is 5.73 Å². The number of anilines is 1. The molecule has 20 heavy (non-hydrogen) atoms. The molecular formula is C14H13ClFN3O. The number of alkyl halides is 1. The number of nitrogens with zero attached hydrogens (tertiary/aromatic N) is 1. The Balaban J connectivity index is 2.22. The van der Waals surface area contributed by atoms with Gasteiger partial charge in [-0.25, -0.2) is 9.37 Å². The highest BCUT2D eigenvalue weighted by Crippen LogP contribution is 2.20. The highest BCUT2D eigenvalue weighted by atomic mass is 35.5. The third kappa shape index (κ3) is 3.24. The zero-order valence-corrected chi connectivity index (χ0v) is 11.3.